The normalized spacial score (nSPS) is 10.5. The Labute approximate surface area is 145 Å². The van der Waals surface area contributed by atoms with Crippen LogP contribution in [0.2, 0.25) is 0 Å². The van der Waals surface area contributed by atoms with Crippen LogP contribution < -0.4 is 10.7 Å². The number of benzene rings is 2. The molecule has 0 unspecified atom stereocenters. The average Bonchev–Trinajstić information content (AvgIpc) is 2.54. The van der Waals surface area contributed by atoms with Crippen molar-refractivity contribution in [1.29, 1.82) is 0 Å². The van der Waals surface area contributed by atoms with Crippen LogP contribution in [-0.2, 0) is 4.79 Å². The fourth-order valence-corrected chi connectivity index (χ4v) is 2.15. The van der Waals surface area contributed by atoms with E-state index in [1.807, 2.05) is 24.3 Å². The van der Waals surface area contributed by atoms with Crippen LogP contribution in [0.3, 0.4) is 0 Å². The highest BCUT2D eigenvalue weighted by Crippen LogP contribution is 2.21. The van der Waals surface area contributed by atoms with Crippen molar-refractivity contribution < 1.29 is 14.8 Å². The lowest BCUT2D eigenvalue weighted by atomic mass is 10.2. The van der Waals surface area contributed by atoms with Crippen LogP contribution in [0.15, 0.2) is 52.0 Å². The number of hydrazone groups is 1. The molecule has 0 fully saturated rings. The molecule has 0 aliphatic carbocycles. The van der Waals surface area contributed by atoms with E-state index >= 15 is 0 Å². The lowest BCUT2D eigenvalue weighted by molar-refractivity contribution is -0.384. The number of nitrogens with one attached hydrogen (secondary N) is 2. The van der Waals surface area contributed by atoms with Gasteiger partial charge in [0.05, 0.1) is 17.7 Å². The number of anilines is 1. The van der Waals surface area contributed by atoms with E-state index in [-0.39, 0.29) is 23.5 Å². The zero-order valence-corrected chi connectivity index (χ0v) is 13.9. The maximum Gasteiger partial charge on any atom is 0.270 e. The van der Waals surface area contributed by atoms with Crippen LogP contribution in [0.5, 0.6) is 5.75 Å². The SMILES string of the molecule is O=C(CNc1cccc(Br)c1)NN=Cc1cc([N+](=O)[O-])ccc1O. The van der Waals surface area contributed by atoms with Crippen LogP contribution in [0.25, 0.3) is 0 Å². The molecule has 124 valence electrons. The Hall–Kier alpha value is -2.94. The Kier molecular flexibility index (Phi) is 5.85. The Bertz CT molecular complexity index is 795. The molecule has 0 aliphatic heterocycles. The molecule has 0 aromatic heterocycles. The summed E-state index contributed by atoms with van der Waals surface area (Å²) in [6.07, 6.45) is 1.14. The molecule has 0 atom stereocenters. The number of carbonyl (C=O) groups excluding carboxylic acids is 1. The predicted octanol–water partition coefficient (Wildman–Crippen LogP) is 2.63. The van der Waals surface area contributed by atoms with Gasteiger partial charge in [-0.05, 0) is 24.3 Å². The fraction of sp³-hybridized carbons (Fsp3) is 0.0667. The second kappa shape index (κ2) is 8.06. The van der Waals surface area contributed by atoms with E-state index in [9.17, 15) is 20.0 Å². The van der Waals surface area contributed by atoms with Gasteiger partial charge in [0.1, 0.15) is 5.75 Å². The molecule has 8 nitrogen and oxygen atoms in total. The zero-order chi connectivity index (χ0) is 17.5. The summed E-state index contributed by atoms with van der Waals surface area (Å²) in [5.41, 5.74) is 2.98. The number of nitrogens with zero attached hydrogens (tertiary/aromatic N) is 2. The molecule has 0 aliphatic rings. The van der Waals surface area contributed by atoms with Crippen LogP contribution in [0, 0.1) is 10.1 Å². The van der Waals surface area contributed by atoms with Crippen molar-refractivity contribution >= 4 is 39.4 Å². The highest BCUT2D eigenvalue weighted by molar-refractivity contribution is 9.10. The number of carbonyl (C=O) groups is 1. The predicted molar refractivity (Wildman–Crippen MR) is 93.1 cm³/mol. The summed E-state index contributed by atoms with van der Waals surface area (Å²) in [5.74, 6) is -0.581. The van der Waals surface area contributed by atoms with E-state index in [0.29, 0.717) is 0 Å². The molecular weight excluding hydrogens is 380 g/mol. The lowest BCUT2D eigenvalue weighted by Gasteiger charge is -2.05. The summed E-state index contributed by atoms with van der Waals surface area (Å²) in [4.78, 5) is 21.8. The van der Waals surface area contributed by atoms with Gasteiger partial charge in [-0.15, -0.1) is 0 Å². The minimum Gasteiger partial charge on any atom is -0.507 e. The van der Waals surface area contributed by atoms with E-state index in [4.69, 9.17) is 0 Å². The van der Waals surface area contributed by atoms with Crippen molar-refractivity contribution in [1.82, 2.24) is 5.43 Å². The third kappa shape index (κ3) is 5.06. The lowest BCUT2D eigenvalue weighted by Crippen LogP contribution is -2.25. The molecule has 0 bridgehead atoms. The summed E-state index contributed by atoms with van der Waals surface area (Å²) >= 11 is 3.32. The quantitative estimate of drug-likeness (QED) is 0.396. The molecular formula is C15H13BrN4O4. The molecule has 0 radical (unpaired) electrons. The van der Waals surface area contributed by atoms with Gasteiger partial charge >= 0.3 is 0 Å². The standard InChI is InChI=1S/C15H13BrN4O4/c16-11-2-1-3-12(7-11)17-9-15(22)19-18-8-10-6-13(20(23)24)4-5-14(10)21/h1-8,17,21H,9H2,(H,19,22). The van der Waals surface area contributed by atoms with Crippen molar-refractivity contribution in [2.75, 3.05) is 11.9 Å². The van der Waals surface area contributed by atoms with Crippen LogP contribution in [-0.4, -0.2) is 28.7 Å². The molecule has 0 saturated carbocycles. The molecule has 3 N–H and O–H groups in total. The summed E-state index contributed by atoms with van der Waals surface area (Å²) in [7, 11) is 0. The maximum absolute atomic E-state index is 11.7. The number of nitro groups is 1. The monoisotopic (exact) mass is 392 g/mol. The van der Waals surface area contributed by atoms with Crippen molar-refractivity contribution in [2.24, 2.45) is 5.10 Å². The maximum atomic E-state index is 11.7. The summed E-state index contributed by atoms with van der Waals surface area (Å²) in [5, 5.41) is 26.9. The molecule has 2 aromatic rings. The first-order chi connectivity index (χ1) is 11.5. The molecule has 2 aromatic carbocycles. The Morgan fingerprint density at radius 1 is 1.33 bits per heavy atom. The molecule has 0 heterocycles. The molecule has 0 saturated heterocycles. The number of phenols is 1. The van der Waals surface area contributed by atoms with Gasteiger partial charge in [0.2, 0.25) is 0 Å². The summed E-state index contributed by atoms with van der Waals surface area (Å²) in [6, 6.07) is 10.8. The van der Waals surface area contributed by atoms with Gasteiger partial charge in [0.25, 0.3) is 11.6 Å². The number of nitro benzene ring substituents is 1. The largest absolute Gasteiger partial charge is 0.507 e. The van der Waals surface area contributed by atoms with Crippen molar-refractivity contribution in [3.8, 4) is 5.75 Å². The van der Waals surface area contributed by atoms with Crippen molar-refractivity contribution in [2.45, 2.75) is 0 Å². The average molecular weight is 393 g/mol. The third-order valence-electron chi connectivity index (χ3n) is 2.89. The number of rotatable bonds is 6. The van der Waals surface area contributed by atoms with Crippen LogP contribution in [0.4, 0.5) is 11.4 Å². The van der Waals surface area contributed by atoms with Gasteiger partial charge in [0.15, 0.2) is 0 Å². The van der Waals surface area contributed by atoms with Crippen molar-refractivity contribution in [3.63, 3.8) is 0 Å². The van der Waals surface area contributed by atoms with E-state index in [2.05, 4.69) is 31.8 Å². The van der Waals surface area contributed by atoms with Gasteiger partial charge in [-0.1, -0.05) is 22.0 Å². The van der Waals surface area contributed by atoms with E-state index in [0.717, 1.165) is 22.4 Å². The van der Waals surface area contributed by atoms with Crippen molar-refractivity contribution in [3.05, 3.63) is 62.6 Å². The Balaban J connectivity index is 1.90. The Morgan fingerprint density at radius 3 is 2.83 bits per heavy atom. The Morgan fingerprint density at radius 2 is 2.12 bits per heavy atom. The summed E-state index contributed by atoms with van der Waals surface area (Å²) < 4.78 is 0.882. The third-order valence-corrected chi connectivity index (χ3v) is 3.39. The number of aromatic hydroxyl groups is 1. The van der Waals surface area contributed by atoms with E-state index in [1.165, 1.54) is 12.1 Å². The first-order valence-electron chi connectivity index (χ1n) is 6.74. The molecule has 24 heavy (non-hydrogen) atoms. The molecule has 9 heteroatoms. The van der Waals surface area contributed by atoms with Crippen LogP contribution in [0.1, 0.15) is 5.56 Å². The zero-order valence-electron chi connectivity index (χ0n) is 12.3. The second-order valence-corrected chi connectivity index (χ2v) is 5.57. The van der Waals surface area contributed by atoms with Gasteiger partial charge in [-0.25, -0.2) is 5.43 Å². The topological polar surface area (TPSA) is 117 Å². The van der Waals surface area contributed by atoms with Gasteiger partial charge in [-0.3, -0.25) is 14.9 Å². The van der Waals surface area contributed by atoms with Gasteiger partial charge in [-0.2, -0.15) is 5.10 Å². The smallest absolute Gasteiger partial charge is 0.270 e. The number of halogens is 1. The van der Waals surface area contributed by atoms with Gasteiger partial charge < -0.3 is 10.4 Å². The van der Waals surface area contributed by atoms with E-state index in [1.54, 1.807) is 0 Å². The van der Waals surface area contributed by atoms with Crippen LogP contribution >= 0.6 is 15.9 Å². The van der Waals surface area contributed by atoms with E-state index < -0.39 is 10.8 Å². The molecule has 1 amide bonds. The number of phenolic OH excluding ortho intramolecular Hbond substituents is 1. The number of hydrogen-bond donors (Lipinski definition) is 3. The minimum absolute atomic E-state index is 0.00525. The second-order valence-electron chi connectivity index (χ2n) is 4.66. The number of non-ortho nitro benzene ring substituents is 1. The number of hydrogen-bond acceptors (Lipinski definition) is 6. The number of amides is 1. The first kappa shape index (κ1) is 17.4. The van der Waals surface area contributed by atoms with Gasteiger partial charge in [0, 0.05) is 27.9 Å². The highest BCUT2D eigenvalue weighted by atomic mass is 79.9. The first-order valence-corrected chi connectivity index (χ1v) is 7.54. The fourth-order valence-electron chi connectivity index (χ4n) is 1.75. The highest BCUT2D eigenvalue weighted by Gasteiger charge is 2.08. The molecule has 2 rings (SSSR count). The molecule has 0 spiro atoms. The minimum atomic E-state index is -0.586. The summed E-state index contributed by atoms with van der Waals surface area (Å²) in [6.45, 7) is -0.00525.